The van der Waals surface area contributed by atoms with Crippen LogP contribution in [0.1, 0.15) is 43.0 Å². The number of hydrogen-bond donors (Lipinski definition) is 4. The van der Waals surface area contributed by atoms with E-state index in [0.29, 0.717) is 0 Å². The lowest BCUT2D eigenvalue weighted by Crippen LogP contribution is -2.37. The Balaban J connectivity index is 1.92. The molecule has 2 aromatic carbocycles. The van der Waals surface area contributed by atoms with E-state index in [1.807, 2.05) is 55.5 Å². The molecule has 2 amide bonds. The number of rotatable bonds is 5. The van der Waals surface area contributed by atoms with Gasteiger partial charge in [0.25, 0.3) is 11.8 Å². The van der Waals surface area contributed by atoms with Crippen LogP contribution in [0.5, 0.6) is 0 Å². The second-order valence-electron chi connectivity index (χ2n) is 8.36. The van der Waals surface area contributed by atoms with Gasteiger partial charge < -0.3 is 11.5 Å². The molecule has 0 bridgehead atoms. The van der Waals surface area contributed by atoms with Gasteiger partial charge in [-0.1, -0.05) is 74.9 Å². The highest BCUT2D eigenvalue weighted by molar-refractivity contribution is 6.05. The first-order chi connectivity index (χ1) is 15.5. The van der Waals surface area contributed by atoms with Crippen LogP contribution >= 0.6 is 0 Å². The van der Waals surface area contributed by atoms with E-state index >= 15 is 0 Å². The molecule has 0 fully saturated rings. The summed E-state index contributed by atoms with van der Waals surface area (Å²) in [7, 11) is 0. The predicted octanol–water partition coefficient (Wildman–Crippen LogP) is 2.80. The molecule has 8 nitrogen and oxygen atoms in total. The first kappa shape index (κ1) is 25.1. The molecule has 0 heterocycles. The summed E-state index contributed by atoms with van der Waals surface area (Å²) in [4.78, 5) is 24.1. The fourth-order valence-electron chi connectivity index (χ4n) is 2.83. The van der Waals surface area contributed by atoms with E-state index in [2.05, 4.69) is 41.6 Å². The zero-order chi connectivity index (χ0) is 24.4. The van der Waals surface area contributed by atoms with Gasteiger partial charge in [0.05, 0.1) is 0 Å². The minimum absolute atomic E-state index is 0.0656. The summed E-state index contributed by atoms with van der Waals surface area (Å²) in [6, 6.07) is 15.5. The van der Waals surface area contributed by atoms with Gasteiger partial charge in [-0.25, -0.2) is 0 Å². The highest BCUT2D eigenvalue weighted by atomic mass is 16.2. The van der Waals surface area contributed by atoms with Gasteiger partial charge in [0.15, 0.2) is 0 Å². The molecule has 0 unspecified atom stereocenters. The maximum absolute atomic E-state index is 12.1. The van der Waals surface area contributed by atoms with Crippen molar-refractivity contribution in [3.05, 3.63) is 82.9 Å². The zero-order valence-corrected chi connectivity index (χ0v) is 19.3. The SMILES string of the molecule is Cc1ccc(C=CC(=O)NC(N)=NN=C(N)NC(=O)C=Cc2ccccc2C(C)(C)C)cc1. The number of guanidine groups is 2. The fraction of sp³-hybridized carbons (Fsp3) is 0.200. The van der Waals surface area contributed by atoms with Crippen LogP contribution in [0.4, 0.5) is 0 Å². The second kappa shape index (κ2) is 11.4. The average molecular weight is 447 g/mol. The lowest BCUT2D eigenvalue weighted by Gasteiger charge is -2.21. The first-order valence-electron chi connectivity index (χ1n) is 10.4. The monoisotopic (exact) mass is 446 g/mol. The van der Waals surface area contributed by atoms with Crippen molar-refractivity contribution < 1.29 is 9.59 Å². The van der Waals surface area contributed by atoms with Crippen LogP contribution in [-0.4, -0.2) is 23.7 Å². The van der Waals surface area contributed by atoms with Crippen LogP contribution in [0.2, 0.25) is 0 Å². The molecule has 0 aliphatic rings. The molecule has 0 aliphatic carbocycles. The maximum atomic E-state index is 12.1. The van der Waals surface area contributed by atoms with Crippen molar-refractivity contribution in [3.8, 4) is 0 Å². The van der Waals surface area contributed by atoms with Crippen LogP contribution in [0.15, 0.2) is 70.9 Å². The average Bonchev–Trinajstić information content (AvgIpc) is 2.75. The third kappa shape index (κ3) is 8.82. The molecule has 0 radical (unpaired) electrons. The van der Waals surface area contributed by atoms with Crippen molar-refractivity contribution in [2.75, 3.05) is 0 Å². The predicted molar refractivity (Wildman–Crippen MR) is 134 cm³/mol. The molecule has 6 N–H and O–H groups in total. The topological polar surface area (TPSA) is 135 Å². The molecule has 8 heteroatoms. The summed E-state index contributed by atoms with van der Waals surface area (Å²) >= 11 is 0. The van der Waals surface area contributed by atoms with Crippen molar-refractivity contribution in [2.45, 2.75) is 33.1 Å². The van der Waals surface area contributed by atoms with E-state index in [0.717, 1.165) is 22.3 Å². The Bertz CT molecular complexity index is 1110. The van der Waals surface area contributed by atoms with Gasteiger partial charge in [0.1, 0.15) is 0 Å². The summed E-state index contributed by atoms with van der Waals surface area (Å²) in [5.74, 6) is -1.48. The Morgan fingerprint density at radius 3 is 1.88 bits per heavy atom. The van der Waals surface area contributed by atoms with Crippen molar-refractivity contribution in [3.63, 3.8) is 0 Å². The van der Waals surface area contributed by atoms with Crippen molar-refractivity contribution in [2.24, 2.45) is 21.7 Å². The van der Waals surface area contributed by atoms with E-state index in [4.69, 9.17) is 11.5 Å². The Morgan fingerprint density at radius 2 is 1.33 bits per heavy atom. The number of nitrogens with zero attached hydrogens (tertiary/aromatic N) is 2. The van der Waals surface area contributed by atoms with Crippen LogP contribution < -0.4 is 22.1 Å². The van der Waals surface area contributed by atoms with Crippen LogP contribution in [0.3, 0.4) is 0 Å². The lowest BCUT2D eigenvalue weighted by atomic mass is 9.84. The van der Waals surface area contributed by atoms with Gasteiger partial charge in [0.2, 0.25) is 11.9 Å². The van der Waals surface area contributed by atoms with Crippen LogP contribution in [-0.2, 0) is 15.0 Å². The molecule has 0 spiro atoms. The van der Waals surface area contributed by atoms with Crippen LogP contribution in [0, 0.1) is 6.92 Å². The van der Waals surface area contributed by atoms with Crippen molar-refractivity contribution in [1.29, 1.82) is 0 Å². The van der Waals surface area contributed by atoms with Gasteiger partial charge in [-0.15, -0.1) is 10.2 Å². The van der Waals surface area contributed by atoms with Crippen LogP contribution in [0.25, 0.3) is 12.2 Å². The highest BCUT2D eigenvalue weighted by Crippen LogP contribution is 2.26. The number of nitrogens with one attached hydrogen (secondary N) is 2. The number of carbonyl (C=O) groups is 2. The van der Waals surface area contributed by atoms with Gasteiger partial charge in [-0.3, -0.25) is 20.2 Å². The number of hydrogen-bond acceptors (Lipinski definition) is 4. The van der Waals surface area contributed by atoms with Crippen molar-refractivity contribution >= 4 is 35.9 Å². The molecule has 33 heavy (non-hydrogen) atoms. The maximum Gasteiger partial charge on any atom is 0.250 e. The number of nitrogens with two attached hydrogens (primary N) is 2. The molecule has 0 saturated heterocycles. The number of aryl methyl sites for hydroxylation is 1. The molecule has 2 rings (SSSR count). The molecule has 0 aliphatic heterocycles. The van der Waals surface area contributed by atoms with Gasteiger partial charge in [-0.05, 0) is 41.2 Å². The molecule has 2 aromatic rings. The quantitative estimate of drug-likeness (QED) is 0.243. The van der Waals surface area contributed by atoms with E-state index in [1.54, 1.807) is 12.2 Å². The van der Waals surface area contributed by atoms with Crippen molar-refractivity contribution in [1.82, 2.24) is 10.6 Å². The molecule has 0 atom stereocenters. The largest absolute Gasteiger partial charge is 0.368 e. The van der Waals surface area contributed by atoms with Gasteiger partial charge in [0, 0.05) is 12.2 Å². The summed E-state index contributed by atoms with van der Waals surface area (Å²) in [6.07, 6.45) is 6.03. The van der Waals surface area contributed by atoms with E-state index in [9.17, 15) is 9.59 Å². The Labute approximate surface area is 194 Å². The highest BCUT2D eigenvalue weighted by Gasteiger charge is 2.16. The smallest absolute Gasteiger partial charge is 0.250 e. The minimum atomic E-state index is -0.477. The second-order valence-corrected chi connectivity index (χ2v) is 8.36. The fourth-order valence-corrected chi connectivity index (χ4v) is 2.83. The molecule has 172 valence electrons. The van der Waals surface area contributed by atoms with E-state index < -0.39 is 11.8 Å². The normalized spacial score (nSPS) is 12.8. The summed E-state index contributed by atoms with van der Waals surface area (Å²) in [5.41, 5.74) is 15.3. The summed E-state index contributed by atoms with van der Waals surface area (Å²) < 4.78 is 0. The zero-order valence-electron chi connectivity index (χ0n) is 19.3. The number of carbonyl (C=O) groups excluding carboxylic acids is 2. The lowest BCUT2D eigenvalue weighted by molar-refractivity contribution is -0.116. The molecule has 0 saturated carbocycles. The number of benzene rings is 2. The molecular weight excluding hydrogens is 416 g/mol. The molecule has 0 aromatic heterocycles. The standard InChI is InChI=1S/C25H30N6O2/c1-17-9-11-18(12-10-17)13-15-21(32)28-23(26)30-31-24(27)29-22(33)16-14-19-7-5-6-8-20(19)25(2,3)4/h5-16H,1-4H3,(H3,26,28,30,32)(H3,27,29,31,33). The Hall–Kier alpha value is -4.20. The Kier molecular flexibility index (Phi) is 8.68. The van der Waals surface area contributed by atoms with Gasteiger partial charge >= 0.3 is 0 Å². The number of amides is 2. The van der Waals surface area contributed by atoms with E-state index in [-0.39, 0.29) is 17.3 Å². The van der Waals surface area contributed by atoms with E-state index in [1.165, 1.54) is 12.2 Å². The molecular formula is C25H30N6O2. The summed E-state index contributed by atoms with van der Waals surface area (Å²) in [6.45, 7) is 8.28. The first-order valence-corrected chi connectivity index (χ1v) is 10.4. The third-order valence-electron chi connectivity index (χ3n) is 4.46. The Morgan fingerprint density at radius 1 is 0.818 bits per heavy atom. The summed E-state index contributed by atoms with van der Waals surface area (Å²) in [5, 5.41) is 11.9. The minimum Gasteiger partial charge on any atom is -0.368 e. The van der Waals surface area contributed by atoms with Gasteiger partial charge in [-0.2, -0.15) is 0 Å². The third-order valence-corrected chi connectivity index (χ3v) is 4.46.